The molecule has 1 aliphatic rings. The Morgan fingerprint density at radius 3 is 2.58 bits per heavy atom. The molecule has 1 fully saturated rings. The van der Waals surface area contributed by atoms with Gasteiger partial charge in [0.1, 0.15) is 11.6 Å². The molecule has 2 aromatic rings. The van der Waals surface area contributed by atoms with Crippen molar-refractivity contribution >= 4 is 11.7 Å². The molecular weight excluding hydrogens is 308 g/mol. The number of imidazole rings is 1. The Morgan fingerprint density at radius 2 is 1.96 bits per heavy atom. The van der Waals surface area contributed by atoms with Gasteiger partial charge in [-0.1, -0.05) is 5.16 Å². The highest BCUT2D eigenvalue weighted by Crippen LogP contribution is 2.08. The number of amides is 1. The van der Waals surface area contributed by atoms with Crippen LogP contribution in [-0.2, 0) is 11.3 Å². The summed E-state index contributed by atoms with van der Waals surface area (Å²) >= 11 is 0. The van der Waals surface area contributed by atoms with Crippen molar-refractivity contribution in [1.82, 2.24) is 24.5 Å². The minimum Gasteiger partial charge on any atom is -0.360 e. The highest BCUT2D eigenvalue weighted by Gasteiger charge is 2.19. The first-order chi connectivity index (χ1) is 11.6. The molecule has 0 spiro atoms. The third kappa shape index (κ3) is 4.42. The van der Waals surface area contributed by atoms with Crippen molar-refractivity contribution in [1.29, 1.82) is 0 Å². The zero-order valence-electron chi connectivity index (χ0n) is 14.2. The van der Waals surface area contributed by atoms with Gasteiger partial charge in [-0.2, -0.15) is 0 Å². The maximum atomic E-state index is 12.0. The molecule has 8 heteroatoms. The third-order valence-electron chi connectivity index (χ3n) is 4.31. The van der Waals surface area contributed by atoms with E-state index in [9.17, 15) is 4.79 Å². The van der Waals surface area contributed by atoms with E-state index in [1.807, 2.05) is 19.3 Å². The lowest BCUT2D eigenvalue weighted by atomic mass is 10.3. The minimum absolute atomic E-state index is 0.0502. The maximum Gasteiger partial charge on any atom is 0.239 e. The van der Waals surface area contributed by atoms with Crippen molar-refractivity contribution < 1.29 is 9.32 Å². The van der Waals surface area contributed by atoms with E-state index in [1.165, 1.54) is 0 Å². The van der Waals surface area contributed by atoms with Gasteiger partial charge in [-0.3, -0.25) is 14.6 Å². The lowest BCUT2D eigenvalue weighted by Crippen LogP contribution is -2.49. The van der Waals surface area contributed by atoms with Crippen molar-refractivity contribution in [2.75, 3.05) is 44.6 Å². The molecule has 1 aliphatic heterocycles. The first-order valence-electron chi connectivity index (χ1n) is 8.26. The number of carbonyl (C=O) groups excluding carboxylic acids is 1. The Balaban J connectivity index is 1.37. The van der Waals surface area contributed by atoms with Gasteiger partial charge in [0.05, 0.1) is 6.54 Å². The molecule has 0 aliphatic carbocycles. The van der Waals surface area contributed by atoms with Gasteiger partial charge in [0.25, 0.3) is 0 Å². The summed E-state index contributed by atoms with van der Waals surface area (Å²) in [5, 5.41) is 6.54. The fourth-order valence-corrected chi connectivity index (χ4v) is 2.87. The molecule has 1 amide bonds. The number of rotatable bonds is 6. The molecule has 0 radical (unpaired) electrons. The molecule has 130 valence electrons. The molecule has 8 nitrogen and oxygen atoms in total. The summed E-state index contributed by atoms with van der Waals surface area (Å²) in [5.74, 6) is 2.16. The standard InChI is InChI=1S/C16H24N6O2/c1-13-11-15(19-24-13)18-16(23)12-21-7-5-20(6-8-21)9-10-22-4-3-17-14(22)2/h3-4,11H,5-10,12H2,1-2H3,(H,18,19,23). The fourth-order valence-electron chi connectivity index (χ4n) is 2.87. The van der Waals surface area contributed by atoms with Gasteiger partial charge in [0, 0.05) is 57.7 Å². The summed E-state index contributed by atoms with van der Waals surface area (Å²) in [4.78, 5) is 20.9. The predicted molar refractivity (Wildman–Crippen MR) is 89.7 cm³/mol. The van der Waals surface area contributed by atoms with E-state index >= 15 is 0 Å². The number of carbonyl (C=O) groups is 1. The summed E-state index contributed by atoms with van der Waals surface area (Å²) in [5.41, 5.74) is 0. The van der Waals surface area contributed by atoms with Crippen LogP contribution in [0.2, 0.25) is 0 Å². The van der Waals surface area contributed by atoms with Crippen LogP contribution in [-0.4, -0.2) is 69.7 Å². The number of hydrogen-bond acceptors (Lipinski definition) is 6. The van der Waals surface area contributed by atoms with Crippen molar-refractivity contribution in [2.45, 2.75) is 20.4 Å². The van der Waals surface area contributed by atoms with E-state index in [1.54, 1.807) is 13.0 Å². The van der Waals surface area contributed by atoms with Crippen molar-refractivity contribution in [3.05, 3.63) is 30.0 Å². The van der Waals surface area contributed by atoms with E-state index in [0.29, 0.717) is 18.1 Å². The maximum absolute atomic E-state index is 12.0. The van der Waals surface area contributed by atoms with Crippen LogP contribution >= 0.6 is 0 Å². The zero-order chi connectivity index (χ0) is 16.9. The summed E-state index contributed by atoms with van der Waals surface area (Å²) in [6, 6.07) is 1.72. The molecule has 0 saturated carbocycles. The van der Waals surface area contributed by atoms with E-state index in [0.717, 1.165) is 45.1 Å². The number of nitrogens with zero attached hydrogens (tertiary/aromatic N) is 5. The molecule has 1 N–H and O–H groups in total. The highest BCUT2D eigenvalue weighted by molar-refractivity contribution is 5.91. The van der Waals surface area contributed by atoms with Crippen LogP contribution < -0.4 is 5.32 Å². The molecule has 24 heavy (non-hydrogen) atoms. The van der Waals surface area contributed by atoms with Crippen LogP contribution in [0.5, 0.6) is 0 Å². The summed E-state index contributed by atoms with van der Waals surface area (Å²) in [6.45, 7) is 9.92. The average Bonchev–Trinajstić information content (AvgIpc) is 3.15. The number of aryl methyl sites for hydroxylation is 2. The second-order valence-corrected chi connectivity index (χ2v) is 6.16. The first kappa shape index (κ1) is 16.7. The lowest BCUT2D eigenvalue weighted by molar-refractivity contribution is -0.117. The van der Waals surface area contributed by atoms with E-state index in [-0.39, 0.29) is 5.91 Å². The number of anilines is 1. The van der Waals surface area contributed by atoms with Crippen molar-refractivity contribution in [3.8, 4) is 0 Å². The quantitative estimate of drug-likeness (QED) is 0.841. The van der Waals surface area contributed by atoms with Crippen molar-refractivity contribution in [3.63, 3.8) is 0 Å². The van der Waals surface area contributed by atoms with E-state index < -0.39 is 0 Å². The molecule has 3 heterocycles. The molecule has 3 rings (SSSR count). The lowest BCUT2D eigenvalue weighted by Gasteiger charge is -2.34. The molecule has 1 saturated heterocycles. The fraction of sp³-hybridized carbons (Fsp3) is 0.562. The number of aromatic nitrogens is 3. The van der Waals surface area contributed by atoms with Crippen LogP contribution in [0.15, 0.2) is 23.0 Å². The summed E-state index contributed by atoms with van der Waals surface area (Å²) in [7, 11) is 0. The van der Waals surface area contributed by atoms with Crippen LogP contribution in [0.3, 0.4) is 0 Å². The third-order valence-corrected chi connectivity index (χ3v) is 4.31. The highest BCUT2D eigenvalue weighted by atomic mass is 16.5. The molecule has 0 atom stereocenters. The van der Waals surface area contributed by atoms with Gasteiger partial charge in [-0.25, -0.2) is 4.98 Å². The first-order valence-corrected chi connectivity index (χ1v) is 8.26. The normalized spacial score (nSPS) is 16.4. The Morgan fingerprint density at radius 1 is 1.21 bits per heavy atom. The summed E-state index contributed by atoms with van der Waals surface area (Å²) in [6.07, 6.45) is 3.85. The summed E-state index contributed by atoms with van der Waals surface area (Å²) < 4.78 is 7.11. The Hall–Kier alpha value is -2.19. The molecule has 2 aromatic heterocycles. The molecular formula is C16H24N6O2. The number of piperazine rings is 1. The van der Waals surface area contributed by atoms with Gasteiger partial charge in [0.2, 0.25) is 5.91 Å². The Labute approximate surface area is 141 Å². The number of nitrogens with one attached hydrogen (secondary N) is 1. The van der Waals surface area contributed by atoms with E-state index in [2.05, 4.69) is 29.8 Å². The van der Waals surface area contributed by atoms with Gasteiger partial charge in [-0.05, 0) is 13.8 Å². The van der Waals surface area contributed by atoms with Gasteiger partial charge >= 0.3 is 0 Å². The molecule has 0 bridgehead atoms. The van der Waals surface area contributed by atoms with Crippen LogP contribution in [0.4, 0.5) is 5.82 Å². The topological polar surface area (TPSA) is 79.4 Å². The average molecular weight is 332 g/mol. The van der Waals surface area contributed by atoms with Crippen molar-refractivity contribution in [2.24, 2.45) is 0 Å². The SMILES string of the molecule is Cc1cc(NC(=O)CN2CCN(CCn3ccnc3C)CC2)no1. The minimum atomic E-state index is -0.0502. The smallest absolute Gasteiger partial charge is 0.239 e. The largest absolute Gasteiger partial charge is 0.360 e. The second kappa shape index (κ2) is 7.59. The Bertz CT molecular complexity index is 672. The van der Waals surface area contributed by atoms with Gasteiger partial charge < -0.3 is 14.4 Å². The second-order valence-electron chi connectivity index (χ2n) is 6.16. The van der Waals surface area contributed by atoms with Crippen LogP contribution in [0.25, 0.3) is 0 Å². The molecule has 0 aromatic carbocycles. The zero-order valence-corrected chi connectivity index (χ0v) is 14.2. The predicted octanol–water partition coefficient (Wildman–Crippen LogP) is 0.744. The number of hydrogen-bond donors (Lipinski definition) is 1. The monoisotopic (exact) mass is 332 g/mol. The Kier molecular flexibility index (Phi) is 5.27. The van der Waals surface area contributed by atoms with Gasteiger partial charge in [0.15, 0.2) is 5.82 Å². The van der Waals surface area contributed by atoms with E-state index in [4.69, 9.17) is 4.52 Å². The van der Waals surface area contributed by atoms with Crippen LogP contribution in [0.1, 0.15) is 11.6 Å². The van der Waals surface area contributed by atoms with Gasteiger partial charge in [-0.15, -0.1) is 0 Å². The molecule has 0 unspecified atom stereocenters. The van der Waals surface area contributed by atoms with Crippen LogP contribution in [0, 0.1) is 13.8 Å².